The van der Waals surface area contributed by atoms with Crippen LogP contribution < -0.4 is 5.32 Å². The first-order valence-corrected chi connectivity index (χ1v) is 9.98. The molecule has 4 rings (SSSR count). The molecule has 10 heteroatoms. The lowest BCUT2D eigenvalue weighted by Crippen LogP contribution is -2.23. The van der Waals surface area contributed by atoms with Gasteiger partial charge >= 0.3 is 6.18 Å². The van der Waals surface area contributed by atoms with Crippen LogP contribution in [0.15, 0.2) is 71.4 Å². The maximum atomic E-state index is 13.8. The Kier molecular flexibility index (Phi) is 6.25. The summed E-state index contributed by atoms with van der Waals surface area (Å²) < 4.78 is 58.5. The van der Waals surface area contributed by atoms with Gasteiger partial charge in [0.25, 0.3) is 0 Å². The second kappa shape index (κ2) is 9.27. The van der Waals surface area contributed by atoms with E-state index in [1.54, 1.807) is 42.5 Å². The standard InChI is InChI=1S/C23H18F4N4O2/c24-18-4-2-1-3-17(18)19-14-29-22(33-19)10-9-21(32)28-13-15-5-7-16(8-6-15)31-12-11-20(30-31)23(25,26)27/h1-8,11-12,14H,9-10,13H2,(H,28,32). The second-order valence-electron chi connectivity index (χ2n) is 7.18. The lowest BCUT2D eigenvalue weighted by Gasteiger charge is -2.07. The molecule has 2 aromatic carbocycles. The molecule has 0 fully saturated rings. The molecule has 170 valence electrons. The minimum atomic E-state index is -4.50. The van der Waals surface area contributed by atoms with Crippen LogP contribution in [-0.2, 0) is 23.9 Å². The minimum Gasteiger partial charge on any atom is -0.441 e. The fraction of sp³-hybridized carbons (Fsp3) is 0.174. The van der Waals surface area contributed by atoms with E-state index in [4.69, 9.17) is 4.42 Å². The van der Waals surface area contributed by atoms with E-state index < -0.39 is 17.7 Å². The van der Waals surface area contributed by atoms with Crippen molar-refractivity contribution in [2.75, 3.05) is 0 Å². The normalized spacial score (nSPS) is 11.5. The number of benzene rings is 2. The summed E-state index contributed by atoms with van der Waals surface area (Å²) in [7, 11) is 0. The highest BCUT2D eigenvalue weighted by Gasteiger charge is 2.33. The van der Waals surface area contributed by atoms with Gasteiger partial charge in [0.05, 0.1) is 17.4 Å². The Morgan fingerprint density at radius 1 is 1.06 bits per heavy atom. The summed E-state index contributed by atoms with van der Waals surface area (Å²) in [5, 5.41) is 6.28. The Morgan fingerprint density at radius 3 is 2.52 bits per heavy atom. The number of carbonyl (C=O) groups excluding carboxylic acids is 1. The van der Waals surface area contributed by atoms with Gasteiger partial charge in [-0.15, -0.1) is 0 Å². The number of amides is 1. The third kappa shape index (κ3) is 5.46. The van der Waals surface area contributed by atoms with Crippen molar-refractivity contribution in [1.29, 1.82) is 0 Å². The number of hydrogen-bond donors (Lipinski definition) is 1. The predicted octanol–water partition coefficient (Wildman–Crippen LogP) is 4.93. The number of oxazole rings is 1. The Morgan fingerprint density at radius 2 is 1.82 bits per heavy atom. The smallest absolute Gasteiger partial charge is 0.435 e. The molecule has 0 spiro atoms. The summed E-state index contributed by atoms with van der Waals surface area (Å²) in [4.78, 5) is 16.2. The van der Waals surface area contributed by atoms with Crippen molar-refractivity contribution in [3.8, 4) is 17.0 Å². The van der Waals surface area contributed by atoms with Crippen LogP contribution in [0.3, 0.4) is 0 Å². The first-order chi connectivity index (χ1) is 15.8. The molecule has 0 radical (unpaired) electrons. The largest absolute Gasteiger partial charge is 0.441 e. The number of rotatable bonds is 7. The highest BCUT2D eigenvalue weighted by Crippen LogP contribution is 2.28. The zero-order valence-corrected chi connectivity index (χ0v) is 17.1. The average molecular weight is 458 g/mol. The van der Waals surface area contributed by atoms with Gasteiger partial charge in [-0.1, -0.05) is 24.3 Å². The quantitative estimate of drug-likeness (QED) is 0.399. The van der Waals surface area contributed by atoms with E-state index in [2.05, 4.69) is 15.4 Å². The number of aromatic nitrogens is 3. The highest BCUT2D eigenvalue weighted by atomic mass is 19.4. The monoisotopic (exact) mass is 458 g/mol. The average Bonchev–Trinajstić information content (AvgIpc) is 3.47. The number of hydrogen-bond acceptors (Lipinski definition) is 4. The van der Waals surface area contributed by atoms with Crippen molar-refractivity contribution in [2.24, 2.45) is 0 Å². The fourth-order valence-electron chi connectivity index (χ4n) is 3.11. The molecule has 1 N–H and O–H groups in total. The van der Waals surface area contributed by atoms with Gasteiger partial charge in [-0.3, -0.25) is 4.79 Å². The van der Waals surface area contributed by atoms with E-state index in [9.17, 15) is 22.4 Å². The Balaban J connectivity index is 1.27. The third-order valence-corrected chi connectivity index (χ3v) is 4.83. The van der Waals surface area contributed by atoms with Crippen LogP contribution in [-0.4, -0.2) is 20.7 Å². The Bertz CT molecular complexity index is 1250. The topological polar surface area (TPSA) is 73.0 Å². The molecule has 0 saturated heterocycles. The molecule has 2 aromatic heterocycles. The van der Waals surface area contributed by atoms with Crippen molar-refractivity contribution >= 4 is 5.91 Å². The number of alkyl halides is 3. The van der Waals surface area contributed by atoms with E-state index in [-0.39, 0.29) is 25.3 Å². The molecular formula is C23H18F4N4O2. The third-order valence-electron chi connectivity index (χ3n) is 4.83. The SMILES string of the molecule is O=C(CCc1ncc(-c2ccccc2F)o1)NCc1ccc(-n2ccc(C(F)(F)F)n2)cc1. The van der Waals surface area contributed by atoms with Gasteiger partial charge in [0.2, 0.25) is 5.91 Å². The van der Waals surface area contributed by atoms with Gasteiger partial charge in [-0.05, 0) is 35.9 Å². The summed E-state index contributed by atoms with van der Waals surface area (Å²) in [6.07, 6.45) is -1.47. The lowest BCUT2D eigenvalue weighted by atomic mass is 10.2. The summed E-state index contributed by atoms with van der Waals surface area (Å²) in [5.74, 6) is -0.0303. The van der Waals surface area contributed by atoms with Gasteiger partial charge in [-0.25, -0.2) is 14.1 Å². The molecule has 0 bridgehead atoms. The van der Waals surface area contributed by atoms with Crippen molar-refractivity contribution in [2.45, 2.75) is 25.6 Å². The van der Waals surface area contributed by atoms with Crippen LogP contribution in [0.1, 0.15) is 23.6 Å². The molecule has 0 unspecified atom stereocenters. The molecule has 0 aliphatic rings. The molecule has 0 atom stereocenters. The van der Waals surface area contributed by atoms with Gasteiger partial charge in [0, 0.05) is 25.6 Å². The van der Waals surface area contributed by atoms with E-state index in [0.29, 0.717) is 22.9 Å². The molecule has 2 heterocycles. The van der Waals surface area contributed by atoms with Crippen molar-refractivity contribution in [1.82, 2.24) is 20.1 Å². The van der Waals surface area contributed by atoms with Crippen LogP contribution >= 0.6 is 0 Å². The number of halogens is 4. The number of aryl methyl sites for hydroxylation is 1. The Labute approximate surface area is 185 Å². The molecule has 6 nitrogen and oxygen atoms in total. The maximum absolute atomic E-state index is 13.8. The van der Waals surface area contributed by atoms with Gasteiger partial charge < -0.3 is 9.73 Å². The number of carbonyl (C=O) groups is 1. The van der Waals surface area contributed by atoms with E-state index in [1.165, 1.54) is 18.5 Å². The summed E-state index contributed by atoms with van der Waals surface area (Å²) in [5.41, 5.74) is 0.572. The van der Waals surface area contributed by atoms with Crippen LogP contribution in [0.2, 0.25) is 0 Å². The first kappa shape index (κ1) is 22.3. The number of nitrogens with zero attached hydrogens (tertiary/aromatic N) is 3. The first-order valence-electron chi connectivity index (χ1n) is 9.98. The summed E-state index contributed by atoms with van der Waals surface area (Å²) in [6, 6.07) is 13.7. The summed E-state index contributed by atoms with van der Waals surface area (Å²) >= 11 is 0. The molecule has 4 aromatic rings. The minimum absolute atomic E-state index is 0.128. The van der Waals surface area contributed by atoms with Crippen molar-refractivity contribution in [3.63, 3.8) is 0 Å². The van der Waals surface area contributed by atoms with Crippen LogP contribution in [0.5, 0.6) is 0 Å². The van der Waals surface area contributed by atoms with Crippen molar-refractivity contribution < 1.29 is 26.8 Å². The highest BCUT2D eigenvalue weighted by molar-refractivity contribution is 5.76. The van der Waals surface area contributed by atoms with Gasteiger partial charge in [0.15, 0.2) is 17.3 Å². The summed E-state index contributed by atoms with van der Waals surface area (Å²) in [6.45, 7) is 0.248. The Hall–Kier alpha value is -3.95. The molecule has 0 saturated carbocycles. The van der Waals surface area contributed by atoms with Crippen LogP contribution in [0, 0.1) is 5.82 Å². The number of nitrogens with one attached hydrogen (secondary N) is 1. The second-order valence-corrected chi connectivity index (χ2v) is 7.18. The molecular weight excluding hydrogens is 440 g/mol. The van der Waals surface area contributed by atoms with Crippen molar-refractivity contribution in [3.05, 3.63) is 90.0 Å². The van der Waals surface area contributed by atoms with E-state index in [1.807, 2.05) is 0 Å². The molecule has 33 heavy (non-hydrogen) atoms. The lowest BCUT2D eigenvalue weighted by molar-refractivity contribution is -0.141. The molecule has 1 amide bonds. The fourth-order valence-corrected chi connectivity index (χ4v) is 3.11. The van der Waals surface area contributed by atoms with Crippen LogP contribution in [0.4, 0.5) is 17.6 Å². The van der Waals surface area contributed by atoms with E-state index >= 15 is 0 Å². The van der Waals surface area contributed by atoms with Crippen LogP contribution in [0.25, 0.3) is 17.0 Å². The van der Waals surface area contributed by atoms with Gasteiger partial charge in [0.1, 0.15) is 5.82 Å². The zero-order valence-electron chi connectivity index (χ0n) is 17.1. The molecule has 0 aliphatic carbocycles. The maximum Gasteiger partial charge on any atom is 0.435 e. The predicted molar refractivity (Wildman–Crippen MR) is 111 cm³/mol. The van der Waals surface area contributed by atoms with E-state index in [0.717, 1.165) is 16.3 Å². The molecule has 0 aliphatic heterocycles. The van der Waals surface area contributed by atoms with Gasteiger partial charge in [-0.2, -0.15) is 18.3 Å². The zero-order chi connectivity index (χ0) is 23.4.